The fourth-order valence-electron chi connectivity index (χ4n) is 8.49. The molecule has 0 unspecified atom stereocenters. The monoisotopic (exact) mass is 679 g/mol. The first-order chi connectivity index (χ1) is 23.7. The van der Waals surface area contributed by atoms with Gasteiger partial charge in [-0.25, -0.2) is 4.79 Å². The molecular weight excluding hydrogens is 612 g/mol. The van der Waals surface area contributed by atoms with Gasteiger partial charge in [0, 0.05) is 65.0 Å². The van der Waals surface area contributed by atoms with Crippen molar-refractivity contribution in [2.75, 3.05) is 79.8 Å². The number of piperidine rings is 2. The van der Waals surface area contributed by atoms with Crippen LogP contribution in [0.1, 0.15) is 68.7 Å². The van der Waals surface area contributed by atoms with E-state index in [1.165, 1.54) is 69.3 Å². The van der Waals surface area contributed by atoms with Crippen LogP contribution in [-0.4, -0.2) is 113 Å². The van der Waals surface area contributed by atoms with Gasteiger partial charge < -0.3 is 29.3 Å². The van der Waals surface area contributed by atoms with Gasteiger partial charge in [0.2, 0.25) is 0 Å². The summed E-state index contributed by atoms with van der Waals surface area (Å²) in [6, 6.07) is 19.4. The average molecular weight is 679 g/mol. The zero-order valence-electron chi connectivity index (χ0n) is 31.3. The summed E-state index contributed by atoms with van der Waals surface area (Å²) in [5.41, 5.74) is 5.77. The number of carbonyl (C=O) groups excluding carboxylic acids is 1. The topological polar surface area (TPSA) is 72.3 Å². The predicted molar refractivity (Wildman–Crippen MR) is 196 cm³/mol. The highest BCUT2D eigenvalue weighted by molar-refractivity contribution is 5.68. The summed E-state index contributed by atoms with van der Waals surface area (Å²) in [7, 11) is 3.46. The van der Waals surface area contributed by atoms with E-state index in [4.69, 9.17) is 14.2 Å². The third-order valence-electron chi connectivity index (χ3n) is 11.3. The molecule has 3 N–H and O–H groups in total. The number of methoxy groups -OCH3 is 2. The van der Waals surface area contributed by atoms with Gasteiger partial charge in [0.15, 0.2) is 0 Å². The van der Waals surface area contributed by atoms with Crippen LogP contribution in [0.25, 0.3) is 0 Å². The number of hydrogen-bond donors (Lipinski definition) is 2. The summed E-state index contributed by atoms with van der Waals surface area (Å²) in [5.74, 6) is 1.46. The number of nitrogens with one attached hydrogen (secondary N) is 1. The van der Waals surface area contributed by atoms with Gasteiger partial charge >= 0.3 is 6.09 Å². The molecule has 0 aromatic heterocycles. The van der Waals surface area contributed by atoms with Crippen molar-refractivity contribution in [3.8, 4) is 0 Å². The molecule has 2 aromatic carbocycles. The number of ether oxygens (including phenoxy) is 3. The van der Waals surface area contributed by atoms with Crippen molar-refractivity contribution in [2.45, 2.75) is 89.8 Å². The normalized spacial score (nSPS) is 21.9. The summed E-state index contributed by atoms with van der Waals surface area (Å²) in [5, 5.41) is 2.44. The van der Waals surface area contributed by atoms with Crippen LogP contribution in [0.2, 0.25) is 0 Å². The van der Waals surface area contributed by atoms with Crippen LogP contribution >= 0.6 is 0 Å². The van der Waals surface area contributed by atoms with Gasteiger partial charge in [0.1, 0.15) is 5.60 Å². The molecular formula is C41H66N4O4+2. The number of amides is 1. The van der Waals surface area contributed by atoms with Crippen LogP contribution in [-0.2, 0) is 39.9 Å². The highest BCUT2D eigenvalue weighted by Crippen LogP contribution is 2.29. The first-order valence-electron chi connectivity index (χ1n) is 19.2. The maximum atomic E-state index is 12.6. The number of hydrogen-bond acceptors (Lipinski definition) is 5. The lowest BCUT2D eigenvalue weighted by Crippen LogP contribution is -3.17. The summed E-state index contributed by atoms with van der Waals surface area (Å²) >= 11 is 0. The molecule has 2 fully saturated rings. The molecule has 2 saturated heterocycles. The van der Waals surface area contributed by atoms with Crippen LogP contribution in [0.3, 0.4) is 0 Å². The van der Waals surface area contributed by atoms with Gasteiger partial charge in [-0.2, -0.15) is 0 Å². The van der Waals surface area contributed by atoms with Crippen LogP contribution in [0, 0.1) is 11.8 Å². The second-order valence-electron chi connectivity index (χ2n) is 16.0. The zero-order valence-corrected chi connectivity index (χ0v) is 31.3. The first-order valence-corrected chi connectivity index (χ1v) is 19.2. The SMILES string of the molecule is COCCN(CC1CCN(C2Cc3ccccc3C2)CC1)C(=O)OC(C)(C)C.COCC[NH2+]CC1CC[NH+](C2Cc3ccccc3C2)CC1. The van der Waals surface area contributed by atoms with E-state index in [0.717, 1.165) is 57.6 Å². The summed E-state index contributed by atoms with van der Waals surface area (Å²) in [4.78, 5) is 18.9. The van der Waals surface area contributed by atoms with Crippen LogP contribution in [0.15, 0.2) is 48.5 Å². The average Bonchev–Trinajstić information content (AvgIpc) is 3.74. The standard InChI is InChI=1S/C23H36N2O3.C18H28N2O/c1-23(2,3)28-22(26)25(13-14-27-4)17-18-9-11-24(12-10-18)21-15-19-7-5-6-8-20(19)16-21;1-21-11-8-19-14-15-6-9-20(10-7-15)18-12-16-4-2-3-5-17(16)13-18/h5-8,18,21H,9-17H2,1-4H3;2-5,15,18-19H,6-14H2,1H3/p+2. The highest BCUT2D eigenvalue weighted by atomic mass is 16.6. The molecule has 49 heavy (non-hydrogen) atoms. The van der Waals surface area contributed by atoms with Crippen LogP contribution in [0.4, 0.5) is 4.79 Å². The first kappa shape index (κ1) is 37.8. The third-order valence-corrected chi connectivity index (χ3v) is 11.3. The lowest BCUT2D eigenvalue weighted by molar-refractivity contribution is -0.931. The number of rotatable bonds is 12. The van der Waals surface area contributed by atoms with Gasteiger partial charge in [-0.3, -0.25) is 4.90 Å². The molecule has 0 radical (unpaired) electrons. The number of benzene rings is 2. The molecule has 0 atom stereocenters. The fraction of sp³-hybridized carbons (Fsp3) is 0.683. The van der Waals surface area contributed by atoms with Crippen molar-refractivity contribution in [3.63, 3.8) is 0 Å². The van der Waals surface area contributed by atoms with Gasteiger partial charge in [-0.1, -0.05) is 48.5 Å². The molecule has 4 aliphatic rings. The van der Waals surface area contributed by atoms with Crippen molar-refractivity contribution < 1.29 is 29.2 Å². The molecule has 0 saturated carbocycles. The molecule has 0 spiro atoms. The van der Waals surface area contributed by atoms with E-state index in [-0.39, 0.29) is 6.09 Å². The molecule has 8 nitrogen and oxygen atoms in total. The van der Waals surface area contributed by atoms with E-state index in [1.54, 1.807) is 25.3 Å². The molecule has 1 amide bonds. The van der Waals surface area contributed by atoms with Crippen LogP contribution < -0.4 is 10.2 Å². The second kappa shape index (κ2) is 18.7. The number of quaternary nitrogens is 2. The van der Waals surface area contributed by atoms with Gasteiger partial charge in [-0.15, -0.1) is 0 Å². The fourth-order valence-corrected chi connectivity index (χ4v) is 8.49. The lowest BCUT2D eigenvalue weighted by Gasteiger charge is -2.38. The Morgan fingerprint density at radius 2 is 1.37 bits per heavy atom. The minimum absolute atomic E-state index is 0.224. The second-order valence-corrected chi connectivity index (χ2v) is 16.0. The quantitative estimate of drug-likeness (QED) is 0.337. The van der Waals surface area contributed by atoms with E-state index in [1.807, 2.05) is 30.6 Å². The van der Waals surface area contributed by atoms with Crippen molar-refractivity contribution in [3.05, 3.63) is 70.8 Å². The molecule has 6 rings (SSSR count). The lowest BCUT2D eigenvalue weighted by atomic mass is 9.94. The highest BCUT2D eigenvalue weighted by Gasteiger charge is 2.34. The molecule has 272 valence electrons. The Bertz CT molecular complexity index is 1230. The molecule has 0 bridgehead atoms. The Hall–Kier alpha value is -2.49. The largest absolute Gasteiger partial charge is 0.444 e. The van der Waals surface area contributed by atoms with E-state index >= 15 is 0 Å². The molecule has 2 aromatic rings. The van der Waals surface area contributed by atoms with E-state index in [9.17, 15) is 4.79 Å². The minimum atomic E-state index is -0.469. The summed E-state index contributed by atoms with van der Waals surface area (Å²) in [6.45, 7) is 15.9. The Labute approximate surface area is 296 Å². The molecule has 8 heteroatoms. The number of likely N-dealkylation sites (tertiary alicyclic amines) is 2. The maximum absolute atomic E-state index is 12.6. The number of nitrogens with two attached hydrogens (primary N) is 1. The summed E-state index contributed by atoms with van der Waals surface area (Å²) < 4.78 is 15.9. The van der Waals surface area contributed by atoms with Crippen molar-refractivity contribution in [1.82, 2.24) is 9.80 Å². The van der Waals surface area contributed by atoms with E-state index < -0.39 is 5.60 Å². The third kappa shape index (κ3) is 11.5. The Kier molecular flexibility index (Phi) is 14.4. The zero-order chi connectivity index (χ0) is 34.6. The van der Waals surface area contributed by atoms with Crippen molar-refractivity contribution in [1.29, 1.82) is 0 Å². The minimum Gasteiger partial charge on any atom is -0.444 e. The Balaban J connectivity index is 0.000000199. The van der Waals surface area contributed by atoms with Crippen LogP contribution in [0.5, 0.6) is 0 Å². The number of nitrogens with zero attached hydrogens (tertiary/aromatic N) is 2. The Morgan fingerprint density at radius 1 is 0.816 bits per heavy atom. The smallest absolute Gasteiger partial charge is 0.410 e. The number of carbonyl (C=O) groups is 1. The predicted octanol–water partition coefficient (Wildman–Crippen LogP) is 3.41. The molecule has 2 aliphatic heterocycles. The van der Waals surface area contributed by atoms with E-state index in [0.29, 0.717) is 25.1 Å². The van der Waals surface area contributed by atoms with Gasteiger partial charge in [0.05, 0.1) is 45.4 Å². The van der Waals surface area contributed by atoms with Gasteiger partial charge in [-0.05, 0) is 87.7 Å². The molecule has 2 aliphatic carbocycles. The van der Waals surface area contributed by atoms with Gasteiger partial charge in [0.25, 0.3) is 0 Å². The molecule has 2 heterocycles. The van der Waals surface area contributed by atoms with Crippen molar-refractivity contribution >= 4 is 6.09 Å². The van der Waals surface area contributed by atoms with Crippen molar-refractivity contribution in [2.24, 2.45) is 11.8 Å². The maximum Gasteiger partial charge on any atom is 0.410 e. The Morgan fingerprint density at radius 3 is 1.90 bits per heavy atom. The summed E-state index contributed by atoms with van der Waals surface area (Å²) in [6.07, 6.45) is 9.83. The number of fused-ring (bicyclic) bond motifs is 2. The van der Waals surface area contributed by atoms with E-state index in [2.05, 4.69) is 58.7 Å².